The van der Waals surface area contributed by atoms with Crippen molar-refractivity contribution in [3.8, 4) is 0 Å². The second-order valence-corrected chi connectivity index (χ2v) is 10.1. The molecule has 1 aliphatic carbocycles. The van der Waals surface area contributed by atoms with Gasteiger partial charge in [-0.2, -0.15) is 0 Å². The molecular weight excluding hydrogens is 348 g/mol. The molecule has 0 unspecified atom stereocenters. The molecule has 2 aliphatic rings. The quantitative estimate of drug-likeness (QED) is 0.751. The summed E-state index contributed by atoms with van der Waals surface area (Å²) < 4.78 is 31.2. The van der Waals surface area contributed by atoms with E-state index in [9.17, 15) is 8.42 Å². The maximum atomic E-state index is 12.9. The van der Waals surface area contributed by atoms with Crippen molar-refractivity contribution in [3.05, 3.63) is 30.3 Å². The molecule has 0 bridgehead atoms. The molecule has 6 heteroatoms. The first-order valence-corrected chi connectivity index (χ1v) is 11.4. The summed E-state index contributed by atoms with van der Waals surface area (Å²) in [5.41, 5.74) is 3.62. The van der Waals surface area contributed by atoms with Crippen LogP contribution >= 0.6 is 0 Å². The van der Waals surface area contributed by atoms with Gasteiger partial charge in [0.05, 0.1) is 17.3 Å². The van der Waals surface area contributed by atoms with Crippen LogP contribution < -0.4 is 5.43 Å². The Hall–Kier alpha value is -0.950. The van der Waals surface area contributed by atoms with Gasteiger partial charge in [-0.05, 0) is 43.2 Å². The van der Waals surface area contributed by atoms with Crippen molar-refractivity contribution in [1.29, 1.82) is 0 Å². The number of hydrazine groups is 1. The second kappa shape index (κ2) is 8.38. The smallest absolute Gasteiger partial charge is 0.179 e. The van der Waals surface area contributed by atoms with Gasteiger partial charge in [-0.15, -0.1) is 0 Å². The van der Waals surface area contributed by atoms with E-state index in [2.05, 4.69) is 24.3 Å². The summed E-state index contributed by atoms with van der Waals surface area (Å²) in [7, 11) is -1.58. The summed E-state index contributed by atoms with van der Waals surface area (Å²) in [6, 6.07) is 9.50. The number of methoxy groups -OCH3 is 1. The Balaban J connectivity index is 1.75. The van der Waals surface area contributed by atoms with Crippen molar-refractivity contribution in [2.75, 3.05) is 19.5 Å². The minimum Gasteiger partial charge on any atom is -0.383 e. The van der Waals surface area contributed by atoms with E-state index in [0.29, 0.717) is 29.5 Å². The van der Waals surface area contributed by atoms with Crippen molar-refractivity contribution < 1.29 is 13.2 Å². The van der Waals surface area contributed by atoms with Gasteiger partial charge < -0.3 is 4.74 Å². The van der Waals surface area contributed by atoms with Crippen LogP contribution in [0.1, 0.15) is 39.5 Å². The van der Waals surface area contributed by atoms with E-state index < -0.39 is 9.84 Å². The van der Waals surface area contributed by atoms with Crippen LogP contribution in [-0.4, -0.2) is 51.0 Å². The fourth-order valence-electron chi connectivity index (χ4n) is 4.46. The summed E-state index contributed by atoms with van der Waals surface area (Å²) >= 11 is 0. The first kappa shape index (κ1) is 19.8. The Bertz CT molecular complexity index is 678. The fourth-order valence-corrected chi connectivity index (χ4v) is 6.16. The summed E-state index contributed by atoms with van der Waals surface area (Å²) in [6.07, 6.45) is 4.87. The molecule has 0 radical (unpaired) electrons. The third kappa shape index (κ3) is 4.30. The highest BCUT2D eigenvalue weighted by Crippen LogP contribution is 2.40. The predicted octanol–water partition coefficient (Wildman–Crippen LogP) is 2.88. The number of nitrogens with one attached hydrogen (secondary N) is 1. The van der Waals surface area contributed by atoms with Gasteiger partial charge >= 0.3 is 0 Å². The van der Waals surface area contributed by atoms with Crippen molar-refractivity contribution in [2.24, 2.45) is 11.8 Å². The molecule has 4 atom stereocenters. The molecular formula is C20H32N2O3S. The van der Waals surface area contributed by atoms with E-state index >= 15 is 0 Å². The zero-order valence-electron chi connectivity index (χ0n) is 16.1. The van der Waals surface area contributed by atoms with Crippen molar-refractivity contribution >= 4 is 9.84 Å². The lowest BCUT2D eigenvalue weighted by Gasteiger charge is -2.35. The summed E-state index contributed by atoms with van der Waals surface area (Å²) in [5, 5.41) is 2.34. The summed E-state index contributed by atoms with van der Waals surface area (Å²) in [5.74, 6) is 1.04. The largest absolute Gasteiger partial charge is 0.383 e. The third-order valence-electron chi connectivity index (χ3n) is 5.92. The molecule has 1 aliphatic heterocycles. The lowest BCUT2D eigenvalue weighted by atomic mass is 10.0. The van der Waals surface area contributed by atoms with Crippen LogP contribution in [0.4, 0.5) is 0 Å². The SMILES string of the molecule is COC[C@H]1C[C@H]2CCC[C@H]2N1N[C@@H](CS(=O)(=O)c1ccccc1)C(C)C. The lowest BCUT2D eigenvalue weighted by molar-refractivity contribution is 0.0387. The van der Waals surface area contributed by atoms with Gasteiger partial charge in [0.15, 0.2) is 9.84 Å². The number of ether oxygens (including phenoxy) is 1. The zero-order chi connectivity index (χ0) is 18.7. The molecule has 5 nitrogen and oxygen atoms in total. The van der Waals surface area contributed by atoms with Gasteiger partial charge in [0, 0.05) is 25.2 Å². The van der Waals surface area contributed by atoms with Gasteiger partial charge in [0.2, 0.25) is 0 Å². The van der Waals surface area contributed by atoms with Crippen molar-refractivity contribution in [2.45, 2.75) is 62.6 Å². The van der Waals surface area contributed by atoms with Crippen LogP contribution in [0.3, 0.4) is 0 Å². The molecule has 3 rings (SSSR count). The van der Waals surface area contributed by atoms with E-state index in [1.54, 1.807) is 31.4 Å². The molecule has 0 aromatic heterocycles. The number of rotatable bonds is 8. The number of nitrogens with zero attached hydrogens (tertiary/aromatic N) is 1. The molecule has 1 N–H and O–H groups in total. The molecule has 0 spiro atoms. The minimum absolute atomic E-state index is 0.112. The van der Waals surface area contributed by atoms with E-state index in [0.717, 1.165) is 6.42 Å². The standard InChI is InChI=1S/C20H32N2O3S/c1-15(2)19(14-26(23,24)18-9-5-4-6-10-18)21-22-17(13-25-3)12-16-8-7-11-20(16)22/h4-6,9-10,15-17,19-21H,7-8,11-14H2,1-3H3/t16-,17-,19+,20-/m1/s1. The lowest BCUT2D eigenvalue weighted by Crippen LogP contribution is -2.55. The maximum absolute atomic E-state index is 12.9. The molecule has 26 heavy (non-hydrogen) atoms. The molecule has 146 valence electrons. The zero-order valence-corrected chi connectivity index (χ0v) is 16.9. The molecule has 0 amide bonds. The summed E-state index contributed by atoms with van der Waals surface area (Å²) in [6.45, 7) is 4.87. The van der Waals surface area contributed by atoms with Gasteiger partial charge in [-0.25, -0.2) is 13.4 Å². The average molecular weight is 381 g/mol. The second-order valence-electron chi connectivity index (χ2n) is 8.08. The number of hydrogen-bond acceptors (Lipinski definition) is 5. The Morgan fingerprint density at radius 3 is 2.62 bits per heavy atom. The van der Waals surface area contributed by atoms with Gasteiger partial charge in [-0.3, -0.25) is 5.43 Å². The highest BCUT2D eigenvalue weighted by molar-refractivity contribution is 7.91. The number of sulfone groups is 1. The average Bonchev–Trinajstić information content (AvgIpc) is 3.18. The van der Waals surface area contributed by atoms with Gasteiger partial charge in [0.25, 0.3) is 0 Å². The Labute approximate surface area is 158 Å². The van der Waals surface area contributed by atoms with Crippen LogP contribution in [0.5, 0.6) is 0 Å². The number of benzene rings is 1. The first-order chi connectivity index (χ1) is 12.4. The minimum atomic E-state index is -3.32. The fraction of sp³-hybridized carbons (Fsp3) is 0.700. The van der Waals surface area contributed by atoms with Gasteiger partial charge in [-0.1, -0.05) is 38.5 Å². The normalized spacial score (nSPS) is 27.8. The van der Waals surface area contributed by atoms with E-state index in [4.69, 9.17) is 4.74 Å². The third-order valence-corrected chi connectivity index (χ3v) is 7.71. The highest BCUT2D eigenvalue weighted by Gasteiger charge is 2.44. The predicted molar refractivity (Wildman–Crippen MR) is 104 cm³/mol. The van der Waals surface area contributed by atoms with E-state index in [-0.39, 0.29) is 17.7 Å². The van der Waals surface area contributed by atoms with Crippen LogP contribution in [0.15, 0.2) is 35.2 Å². The molecule has 1 saturated heterocycles. The van der Waals surface area contributed by atoms with E-state index in [1.807, 2.05) is 6.07 Å². The number of fused-ring (bicyclic) bond motifs is 1. The van der Waals surface area contributed by atoms with E-state index in [1.165, 1.54) is 19.3 Å². The van der Waals surface area contributed by atoms with Crippen molar-refractivity contribution in [1.82, 2.24) is 10.4 Å². The highest BCUT2D eigenvalue weighted by atomic mass is 32.2. The topological polar surface area (TPSA) is 58.6 Å². The molecule has 1 heterocycles. The molecule has 1 saturated carbocycles. The van der Waals surface area contributed by atoms with Crippen LogP contribution in [0.25, 0.3) is 0 Å². The van der Waals surface area contributed by atoms with Crippen LogP contribution in [-0.2, 0) is 14.6 Å². The molecule has 1 aromatic rings. The first-order valence-electron chi connectivity index (χ1n) is 9.73. The van der Waals surface area contributed by atoms with Gasteiger partial charge in [0.1, 0.15) is 0 Å². The Morgan fingerprint density at radius 1 is 1.23 bits per heavy atom. The van der Waals surface area contributed by atoms with Crippen LogP contribution in [0.2, 0.25) is 0 Å². The molecule has 1 aromatic carbocycles. The van der Waals surface area contributed by atoms with Crippen molar-refractivity contribution in [3.63, 3.8) is 0 Å². The number of hydrogen-bond donors (Lipinski definition) is 1. The molecule has 2 fully saturated rings. The Morgan fingerprint density at radius 2 is 1.96 bits per heavy atom. The Kier molecular flexibility index (Phi) is 6.38. The van der Waals surface area contributed by atoms with Crippen LogP contribution in [0, 0.1) is 11.8 Å². The maximum Gasteiger partial charge on any atom is 0.179 e. The summed E-state index contributed by atoms with van der Waals surface area (Å²) in [4.78, 5) is 0.404. The monoisotopic (exact) mass is 380 g/mol.